The predicted octanol–water partition coefficient (Wildman–Crippen LogP) is 2.77. The van der Waals surface area contributed by atoms with Gasteiger partial charge in [0.05, 0.1) is 6.54 Å². The van der Waals surface area contributed by atoms with Crippen LogP contribution in [-0.2, 0) is 24.4 Å². The average molecular weight is 478 g/mol. The number of amides is 3. The van der Waals surface area contributed by atoms with Crippen LogP contribution < -0.4 is 5.32 Å². The maximum Gasteiger partial charge on any atom is 0.274 e. The lowest BCUT2D eigenvalue weighted by atomic mass is 10.1. The van der Waals surface area contributed by atoms with E-state index in [4.69, 9.17) is 0 Å². The Labute approximate surface area is 203 Å². The van der Waals surface area contributed by atoms with Crippen LogP contribution >= 0.6 is 0 Å². The standard InChI is InChI=1S/C26H28FN5O3/c1-18-4-6-20(7-5-18)16-31-12-3-13-32-23(26(31)35)14-22(29-32)25(34)30(2)17-24(33)28-15-19-8-10-21(27)11-9-19/h4-11,14H,3,12-13,15-17H2,1-2H3,(H,28,33). The van der Waals surface area contributed by atoms with Gasteiger partial charge in [0.1, 0.15) is 11.5 Å². The van der Waals surface area contributed by atoms with Gasteiger partial charge >= 0.3 is 0 Å². The topological polar surface area (TPSA) is 87.5 Å². The van der Waals surface area contributed by atoms with Crippen molar-refractivity contribution < 1.29 is 18.8 Å². The summed E-state index contributed by atoms with van der Waals surface area (Å²) in [4.78, 5) is 41.4. The molecule has 3 amide bonds. The lowest BCUT2D eigenvalue weighted by Crippen LogP contribution is -2.38. The number of aryl methyl sites for hydroxylation is 2. The fourth-order valence-electron chi connectivity index (χ4n) is 3.95. The van der Waals surface area contributed by atoms with E-state index in [0.29, 0.717) is 25.3 Å². The summed E-state index contributed by atoms with van der Waals surface area (Å²) in [6.07, 6.45) is 0.724. The highest BCUT2D eigenvalue weighted by molar-refractivity contribution is 5.99. The Kier molecular flexibility index (Phi) is 7.24. The average Bonchev–Trinajstić information content (AvgIpc) is 3.21. The number of rotatable bonds is 7. The molecule has 1 N–H and O–H groups in total. The Hall–Kier alpha value is -4.01. The summed E-state index contributed by atoms with van der Waals surface area (Å²) in [7, 11) is 1.51. The van der Waals surface area contributed by atoms with Crippen LogP contribution in [0.2, 0.25) is 0 Å². The normalized spacial score (nSPS) is 13.2. The molecule has 1 aliphatic rings. The first-order valence-corrected chi connectivity index (χ1v) is 11.5. The van der Waals surface area contributed by atoms with E-state index in [9.17, 15) is 18.8 Å². The van der Waals surface area contributed by atoms with Gasteiger partial charge in [0, 0.05) is 39.3 Å². The van der Waals surface area contributed by atoms with E-state index in [1.165, 1.54) is 30.1 Å². The summed E-state index contributed by atoms with van der Waals surface area (Å²) in [6, 6.07) is 15.4. The molecular formula is C26H28FN5O3. The highest BCUT2D eigenvalue weighted by atomic mass is 19.1. The lowest BCUT2D eigenvalue weighted by molar-refractivity contribution is -0.121. The van der Waals surface area contributed by atoms with E-state index in [1.807, 2.05) is 31.2 Å². The molecule has 2 aromatic carbocycles. The molecule has 0 saturated carbocycles. The molecule has 0 aliphatic carbocycles. The Morgan fingerprint density at radius 1 is 1.06 bits per heavy atom. The number of hydrogen-bond acceptors (Lipinski definition) is 4. The first kappa shape index (κ1) is 24.1. The number of nitrogens with one attached hydrogen (secondary N) is 1. The number of halogens is 1. The molecule has 182 valence electrons. The highest BCUT2D eigenvalue weighted by Crippen LogP contribution is 2.18. The molecule has 9 heteroatoms. The summed E-state index contributed by atoms with van der Waals surface area (Å²) >= 11 is 0. The van der Waals surface area contributed by atoms with Gasteiger partial charge in [-0.1, -0.05) is 42.0 Å². The zero-order chi connectivity index (χ0) is 24.9. The number of likely N-dealkylation sites (N-methyl/N-ethyl adjacent to an activating group) is 1. The number of carbonyl (C=O) groups excluding carboxylic acids is 3. The van der Waals surface area contributed by atoms with Gasteiger partial charge in [0.15, 0.2) is 5.69 Å². The Bertz CT molecular complexity index is 1220. The van der Waals surface area contributed by atoms with Gasteiger partial charge in [-0.25, -0.2) is 4.39 Å². The second-order valence-corrected chi connectivity index (χ2v) is 8.77. The van der Waals surface area contributed by atoms with Crippen LogP contribution in [-0.4, -0.2) is 57.4 Å². The minimum atomic E-state index is -0.444. The Morgan fingerprint density at radius 3 is 2.46 bits per heavy atom. The van der Waals surface area contributed by atoms with Crippen molar-refractivity contribution in [3.05, 3.63) is 88.5 Å². The molecule has 8 nitrogen and oxygen atoms in total. The smallest absolute Gasteiger partial charge is 0.274 e. The van der Waals surface area contributed by atoms with Crippen LogP contribution in [0.1, 0.15) is 44.1 Å². The van der Waals surface area contributed by atoms with E-state index in [0.717, 1.165) is 23.1 Å². The minimum absolute atomic E-state index is 0.124. The highest BCUT2D eigenvalue weighted by Gasteiger charge is 2.27. The molecule has 0 radical (unpaired) electrons. The van der Waals surface area contributed by atoms with Gasteiger partial charge in [-0.3, -0.25) is 19.1 Å². The summed E-state index contributed by atoms with van der Waals surface area (Å²) in [6.45, 7) is 3.70. The minimum Gasteiger partial charge on any atom is -0.350 e. The van der Waals surface area contributed by atoms with Crippen molar-refractivity contribution in [3.8, 4) is 0 Å². The Morgan fingerprint density at radius 2 is 1.74 bits per heavy atom. The molecule has 3 aromatic rings. The molecule has 0 atom stereocenters. The second kappa shape index (κ2) is 10.5. The third kappa shape index (κ3) is 5.92. The lowest BCUT2D eigenvalue weighted by Gasteiger charge is -2.20. The van der Waals surface area contributed by atoms with Crippen LogP contribution in [0.3, 0.4) is 0 Å². The summed E-state index contributed by atoms with van der Waals surface area (Å²) in [5, 5.41) is 7.07. The third-order valence-electron chi connectivity index (χ3n) is 5.93. The largest absolute Gasteiger partial charge is 0.350 e. The molecule has 0 fully saturated rings. The summed E-state index contributed by atoms with van der Waals surface area (Å²) in [5.41, 5.74) is 3.44. The van der Waals surface area contributed by atoms with Crippen molar-refractivity contribution in [2.75, 3.05) is 20.1 Å². The van der Waals surface area contributed by atoms with E-state index < -0.39 is 5.91 Å². The quantitative estimate of drug-likeness (QED) is 0.567. The SMILES string of the molecule is Cc1ccc(CN2CCCn3nc(C(=O)N(C)CC(=O)NCc4ccc(F)cc4)cc3C2=O)cc1. The summed E-state index contributed by atoms with van der Waals surface area (Å²) in [5.74, 6) is -1.32. The first-order chi connectivity index (χ1) is 16.8. The van der Waals surface area contributed by atoms with Gasteiger partial charge < -0.3 is 15.1 Å². The number of carbonyl (C=O) groups is 3. The number of aromatic nitrogens is 2. The molecular weight excluding hydrogens is 449 g/mol. The fourth-order valence-corrected chi connectivity index (χ4v) is 3.95. The van der Waals surface area contributed by atoms with Gasteiger partial charge in [-0.2, -0.15) is 5.10 Å². The van der Waals surface area contributed by atoms with E-state index in [2.05, 4.69) is 10.4 Å². The first-order valence-electron chi connectivity index (χ1n) is 11.5. The van der Waals surface area contributed by atoms with Gasteiger partial charge in [-0.05, 0) is 36.6 Å². The number of fused-ring (bicyclic) bond motifs is 1. The van der Waals surface area contributed by atoms with E-state index in [1.54, 1.807) is 21.7 Å². The van der Waals surface area contributed by atoms with Crippen molar-refractivity contribution >= 4 is 17.7 Å². The van der Waals surface area contributed by atoms with Crippen LogP contribution in [0.15, 0.2) is 54.6 Å². The van der Waals surface area contributed by atoms with Crippen LogP contribution in [0.4, 0.5) is 4.39 Å². The van der Waals surface area contributed by atoms with E-state index in [-0.39, 0.29) is 36.4 Å². The van der Waals surface area contributed by atoms with Gasteiger partial charge in [0.25, 0.3) is 11.8 Å². The maximum atomic E-state index is 13.2. The van der Waals surface area contributed by atoms with Crippen molar-refractivity contribution in [1.29, 1.82) is 0 Å². The number of nitrogens with zero attached hydrogens (tertiary/aromatic N) is 4. The van der Waals surface area contributed by atoms with Gasteiger partial charge in [0.2, 0.25) is 5.91 Å². The van der Waals surface area contributed by atoms with Crippen molar-refractivity contribution in [1.82, 2.24) is 24.9 Å². The van der Waals surface area contributed by atoms with Crippen molar-refractivity contribution in [2.45, 2.75) is 33.0 Å². The molecule has 1 aliphatic heterocycles. The van der Waals surface area contributed by atoms with Crippen LogP contribution in [0, 0.1) is 12.7 Å². The second-order valence-electron chi connectivity index (χ2n) is 8.77. The van der Waals surface area contributed by atoms with Crippen molar-refractivity contribution in [3.63, 3.8) is 0 Å². The molecule has 0 spiro atoms. The van der Waals surface area contributed by atoms with Crippen LogP contribution in [0.5, 0.6) is 0 Å². The Balaban J connectivity index is 1.38. The molecule has 0 saturated heterocycles. The monoisotopic (exact) mass is 477 g/mol. The zero-order valence-electron chi connectivity index (χ0n) is 19.8. The molecule has 0 bridgehead atoms. The number of hydrogen-bond donors (Lipinski definition) is 1. The molecule has 1 aromatic heterocycles. The van der Waals surface area contributed by atoms with Crippen LogP contribution in [0.25, 0.3) is 0 Å². The van der Waals surface area contributed by atoms with Gasteiger partial charge in [-0.15, -0.1) is 0 Å². The molecule has 35 heavy (non-hydrogen) atoms. The number of benzene rings is 2. The molecule has 4 rings (SSSR count). The zero-order valence-corrected chi connectivity index (χ0v) is 19.8. The fraction of sp³-hybridized carbons (Fsp3) is 0.308. The van der Waals surface area contributed by atoms with Crippen molar-refractivity contribution in [2.24, 2.45) is 0 Å². The molecule has 0 unspecified atom stereocenters. The summed E-state index contributed by atoms with van der Waals surface area (Å²) < 4.78 is 14.6. The maximum absolute atomic E-state index is 13.2. The molecule has 2 heterocycles. The predicted molar refractivity (Wildman–Crippen MR) is 128 cm³/mol. The van der Waals surface area contributed by atoms with E-state index >= 15 is 0 Å². The third-order valence-corrected chi connectivity index (χ3v) is 5.93.